The van der Waals surface area contributed by atoms with E-state index >= 15 is 0 Å². The Morgan fingerprint density at radius 2 is 2.12 bits per heavy atom. The van der Waals surface area contributed by atoms with Crippen molar-refractivity contribution < 1.29 is 9.26 Å². The van der Waals surface area contributed by atoms with Crippen LogP contribution in [-0.4, -0.2) is 44.0 Å². The summed E-state index contributed by atoms with van der Waals surface area (Å²) < 4.78 is 10.9. The number of aromatic nitrogens is 1. The number of guanidine groups is 1. The van der Waals surface area contributed by atoms with Gasteiger partial charge in [0.25, 0.3) is 0 Å². The van der Waals surface area contributed by atoms with E-state index in [1.807, 2.05) is 13.8 Å². The van der Waals surface area contributed by atoms with Gasteiger partial charge in [-0.2, -0.15) is 0 Å². The average molecular weight is 464 g/mol. The van der Waals surface area contributed by atoms with Crippen molar-refractivity contribution in [3.63, 3.8) is 0 Å². The first-order valence-electron chi connectivity index (χ1n) is 9.14. The van der Waals surface area contributed by atoms with Crippen molar-refractivity contribution in [3.05, 3.63) is 17.0 Å². The fourth-order valence-electron chi connectivity index (χ4n) is 2.77. The van der Waals surface area contributed by atoms with Gasteiger partial charge in [0.2, 0.25) is 0 Å². The maximum Gasteiger partial charge on any atom is 0.191 e. The Labute approximate surface area is 168 Å². The number of nitrogens with one attached hydrogen (secondary N) is 2. The first kappa shape index (κ1) is 22.2. The number of halogens is 1. The summed E-state index contributed by atoms with van der Waals surface area (Å²) in [5.74, 6) is 2.87. The van der Waals surface area contributed by atoms with Gasteiger partial charge in [0.05, 0.1) is 5.69 Å². The smallest absolute Gasteiger partial charge is 0.191 e. The highest BCUT2D eigenvalue weighted by Crippen LogP contribution is 2.28. The van der Waals surface area contributed by atoms with Crippen molar-refractivity contribution in [1.82, 2.24) is 15.8 Å². The SMILES string of the molecule is CCNC(=NCC(C)c1c(C)noc1C)NCCCOCC1CC1.I. The molecule has 0 amide bonds. The van der Waals surface area contributed by atoms with Crippen LogP contribution in [0.4, 0.5) is 0 Å². The van der Waals surface area contributed by atoms with E-state index in [9.17, 15) is 0 Å². The quantitative estimate of drug-likeness (QED) is 0.241. The molecule has 0 spiro atoms. The molecule has 0 saturated heterocycles. The van der Waals surface area contributed by atoms with Crippen LogP contribution in [0, 0.1) is 19.8 Å². The standard InChI is InChI=1S/C18H32N4O2.HI/c1-5-19-18(20-9-6-10-23-12-16-7-8-16)21-11-13(2)17-14(3)22-24-15(17)4;/h13,16H,5-12H2,1-4H3,(H2,19,20,21);1H. The second-order valence-electron chi connectivity index (χ2n) is 6.66. The third kappa shape index (κ3) is 7.94. The van der Waals surface area contributed by atoms with Gasteiger partial charge in [-0.05, 0) is 46.0 Å². The molecule has 1 aliphatic carbocycles. The molecule has 0 bridgehead atoms. The molecule has 0 radical (unpaired) electrons. The molecule has 6 nitrogen and oxygen atoms in total. The molecule has 1 saturated carbocycles. The van der Waals surface area contributed by atoms with Crippen LogP contribution >= 0.6 is 24.0 Å². The van der Waals surface area contributed by atoms with Gasteiger partial charge in [0.15, 0.2) is 5.96 Å². The fraction of sp³-hybridized carbons (Fsp3) is 0.778. The van der Waals surface area contributed by atoms with Gasteiger partial charge in [-0.25, -0.2) is 0 Å². The molecule has 2 N–H and O–H groups in total. The molecule has 1 fully saturated rings. The lowest BCUT2D eigenvalue weighted by Gasteiger charge is -2.13. The minimum absolute atomic E-state index is 0. The first-order valence-corrected chi connectivity index (χ1v) is 9.14. The summed E-state index contributed by atoms with van der Waals surface area (Å²) in [5.41, 5.74) is 2.13. The maximum atomic E-state index is 5.66. The predicted octanol–water partition coefficient (Wildman–Crippen LogP) is 3.38. The van der Waals surface area contributed by atoms with Crippen molar-refractivity contribution in [2.45, 2.75) is 52.9 Å². The highest BCUT2D eigenvalue weighted by atomic mass is 127. The van der Waals surface area contributed by atoms with Crippen LogP contribution in [0.3, 0.4) is 0 Å². The molecule has 7 heteroatoms. The van der Waals surface area contributed by atoms with Gasteiger partial charge in [-0.15, -0.1) is 24.0 Å². The fourth-order valence-corrected chi connectivity index (χ4v) is 2.77. The van der Waals surface area contributed by atoms with Crippen molar-refractivity contribution in [3.8, 4) is 0 Å². The topological polar surface area (TPSA) is 71.7 Å². The maximum absolute atomic E-state index is 5.66. The normalized spacial score (nSPS) is 15.6. The van der Waals surface area contributed by atoms with E-state index in [1.54, 1.807) is 0 Å². The third-order valence-electron chi connectivity index (χ3n) is 4.26. The monoisotopic (exact) mass is 464 g/mol. The van der Waals surface area contributed by atoms with Crippen LogP contribution in [-0.2, 0) is 4.74 Å². The average Bonchev–Trinajstić information content (AvgIpc) is 3.32. The molecule has 144 valence electrons. The van der Waals surface area contributed by atoms with Gasteiger partial charge in [-0.3, -0.25) is 4.99 Å². The molecule has 25 heavy (non-hydrogen) atoms. The summed E-state index contributed by atoms with van der Waals surface area (Å²) in [4.78, 5) is 4.69. The summed E-state index contributed by atoms with van der Waals surface area (Å²) in [6.45, 7) is 12.4. The minimum Gasteiger partial charge on any atom is -0.381 e. The van der Waals surface area contributed by atoms with E-state index < -0.39 is 0 Å². The van der Waals surface area contributed by atoms with E-state index in [2.05, 4.69) is 29.6 Å². The third-order valence-corrected chi connectivity index (χ3v) is 4.26. The number of hydrogen-bond donors (Lipinski definition) is 2. The zero-order valence-corrected chi connectivity index (χ0v) is 18.3. The lowest BCUT2D eigenvalue weighted by molar-refractivity contribution is 0.123. The van der Waals surface area contributed by atoms with E-state index in [0.29, 0.717) is 6.54 Å². The molecule has 1 heterocycles. The van der Waals surface area contributed by atoms with Crippen molar-refractivity contribution >= 4 is 29.9 Å². The number of ether oxygens (including phenoxy) is 1. The van der Waals surface area contributed by atoms with Gasteiger partial charge in [0.1, 0.15) is 5.76 Å². The Hall–Kier alpha value is -0.830. The van der Waals surface area contributed by atoms with E-state index in [-0.39, 0.29) is 29.9 Å². The summed E-state index contributed by atoms with van der Waals surface area (Å²) >= 11 is 0. The first-order chi connectivity index (χ1) is 11.6. The highest BCUT2D eigenvalue weighted by Gasteiger charge is 2.20. The molecular formula is C18H33IN4O2. The zero-order chi connectivity index (χ0) is 17.4. The summed E-state index contributed by atoms with van der Waals surface area (Å²) in [7, 11) is 0. The lowest BCUT2D eigenvalue weighted by Crippen LogP contribution is -2.38. The Morgan fingerprint density at radius 3 is 2.72 bits per heavy atom. The van der Waals surface area contributed by atoms with Crippen molar-refractivity contribution in [1.29, 1.82) is 0 Å². The van der Waals surface area contributed by atoms with Gasteiger partial charge in [0, 0.05) is 44.3 Å². The van der Waals surface area contributed by atoms with Crippen LogP contribution in [0.1, 0.15) is 56.0 Å². The van der Waals surface area contributed by atoms with Crippen molar-refractivity contribution in [2.75, 3.05) is 32.8 Å². The Morgan fingerprint density at radius 1 is 1.36 bits per heavy atom. The van der Waals surface area contributed by atoms with E-state index in [4.69, 9.17) is 14.3 Å². The second kappa shape index (κ2) is 11.7. The molecule has 1 aromatic heterocycles. The van der Waals surface area contributed by atoms with E-state index in [0.717, 1.165) is 56.1 Å². The molecule has 1 aromatic rings. The molecular weight excluding hydrogens is 431 g/mol. The molecule has 2 rings (SSSR count). The minimum atomic E-state index is 0. The van der Waals surface area contributed by atoms with Gasteiger partial charge in [-0.1, -0.05) is 12.1 Å². The highest BCUT2D eigenvalue weighted by molar-refractivity contribution is 14.0. The second-order valence-corrected chi connectivity index (χ2v) is 6.66. The molecule has 1 aliphatic rings. The van der Waals surface area contributed by atoms with Gasteiger partial charge >= 0.3 is 0 Å². The zero-order valence-electron chi connectivity index (χ0n) is 15.9. The van der Waals surface area contributed by atoms with Gasteiger partial charge < -0.3 is 19.9 Å². The Bertz CT molecular complexity index is 510. The number of aryl methyl sites for hydroxylation is 2. The van der Waals surface area contributed by atoms with Crippen LogP contribution in [0.5, 0.6) is 0 Å². The van der Waals surface area contributed by atoms with Crippen LogP contribution in [0.25, 0.3) is 0 Å². The molecule has 0 aromatic carbocycles. The largest absolute Gasteiger partial charge is 0.381 e. The Kier molecular flexibility index (Phi) is 10.4. The molecule has 1 atom stereocenters. The van der Waals surface area contributed by atoms with Crippen molar-refractivity contribution in [2.24, 2.45) is 10.9 Å². The number of aliphatic imine (C=N–C) groups is 1. The van der Waals surface area contributed by atoms with Crippen LogP contribution in [0.2, 0.25) is 0 Å². The molecule has 1 unspecified atom stereocenters. The number of rotatable bonds is 10. The summed E-state index contributed by atoms with van der Waals surface area (Å²) in [6, 6.07) is 0. The summed E-state index contributed by atoms with van der Waals surface area (Å²) in [5, 5.41) is 10.7. The van der Waals surface area contributed by atoms with E-state index in [1.165, 1.54) is 18.4 Å². The van der Waals surface area contributed by atoms with Crippen LogP contribution in [0.15, 0.2) is 9.52 Å². The molecule has 0 aliphatic heterocycles. The van der Waals surface area contributed by atoms with Crippen LogP contribution < -0.4 is 10.6 Å². The number of nitrogens with zero attached hydrogens (tertiary/aromatic N) is 2. The lowest BCUT2D eigenvalue weighted by atomic mass is 10.00. The number of hydrogen-bond acceptors (Lipinski definition) is 4. The summed E-state index contributed by atoms with van der Waals surface area (Å²) in [6.07, 6.45) is 3.69. The Balaban J connectivity index is 0.00000312. The predicted molar refractivity (Wildman–Crippen MR) is 112 cm³/mol.